The van der Waals surface area contributed by atoms with E-state index in [0.717, 1.165) is 21.7 Å². The van der Waals surface area contributed by atoms with Crippen LogP contribution in [0.15, 0.2) is 90.6 Å². The molecule has 0 amide bonds. The van der Waals surface area contributed by atoms with Crippen molar-refractivity contribution in [2.24, 2.45) is 0 Å². The number of rotatable bonds is 6. The number of hydrogen-bond donors (Lipinski definition) is 1. The van der Waals surface area contributed by atoms with Gasteiger partial charge in [-0.1, -0.05) is 36.4 Å². The molecule has 0 bridgehead atoms. The minimum atomic E-state index is -0.284. The number of benzene rings is 2. The van der Waals surface area contributed by atoms with E-state index in [9.17, 15) is 4.39 Å². The van der Waals surface area contributed by atoms with Crippen LogP contribution in [0.1, 0.15) is 18.5 Å². The van der Waals surface area contributed by atoms with Crippen molar-refractivity contribution in [1.82, 2.24) is 19.5 Å². The SMILES string of the molecule is C[C@H](Nc1nccc(-n2cc(-c3cccs3)nc2-c2ccc(F)cc2)n1)c1ccccc1. The molecule has 0 unspecified atom stereocenters. The molecule has 5 nitrogen and oxygen atoms in total. The predicted octanol–water partition coefficient (Wildman–Crippen LogP) is 6.37. The molecular weight excluding hydrogens is 421 g/mol. The van der Waals surface area contributed by atoms with Crippen LogP contribution in [0, 0.1) is 5.82 Å². The smallest absolute Gasteiger partial charge is 0.225 e. The zero-order chi connectivity index (χ0) is 21.9. The van der Waals surface area contributed by atoms with Gasteiger partial charge >= 0.3 is 0 Å². The van der Waals surface area contributed by atoms with Gasteiger partial charge in [-0.15, -0.1) is 11.3 Å². The van der Waals surface area contributed by atoms with Crippen LogP contribution >= 0.6 is 11.3 Å². The van der Waals surface area contributed by atoms with Crippen LogP contribution < -0.4 is 5.32 Å². The Labute approximate surface area is 189 Å². The molecule has 3 heterocycles. The van der Waals surface area contributed by atoms with Crippen molar-refractivity contribution in [3.63, 3.8) is 0 Å². The molecule has 0 fully saturated rings. The maximum absolute atomic E-state index is 13.5. The van der Waals surface area contributed by atoms with Gasteiger partial charge in [0.15, 0.2) is 0 Å². The Morgan fingerprint density at radius 3 is 2.50 bits per heavy atom. The van der Waals surface area contributed by atoms with Crippen LogP contribution in [0.3, 0.4) is 0 Å². The second kappa shape index (κ2) is 8.72. The van der Waals surface area contributed by atoms with Gasteiger partial charge in [0.1, 0.15) is 17.5 Å². The summed E-state index contributed by atoms with van der Waals surface area (Å²) in [5.41, 5.74) is 2.79. The summed E-state index contributed by atoms with van der Waals surface area (Å²) in [5, 5.41) is 5.38. The molecule has 0 aliphatic rings. The van der Waals surface area contributed by atoms with Crippen LogP contribution in [0.4, 0.5) is 10.3 Å². The van der Waals surface area contributed by atoms with E-state index in [-0.39, 0.29) is 11.9 Å². The lowest BCUT2D eigenvalue weighted by Crippen LogP contribution is -2.10. The van der Waals surface area contributed by atoms with E-state index in [1.54, 1.807) is 29.7 Å². The van der Waals surface area contributed by atoms with Crippen LogP contribution in [0.5, 0.6) is 0 Å². The predicted molar refractivity (Wildman–Crippen MR) is 126 cm³/mol. The number of aromatic nitrogens is 4. The molecule has 2 aromatic carbocycles. The first-order chi connectivity index (χ1) is 15.7. The van der Waals surface area contributed by atoms with Crippen LogP contribution in [0.25, 0.3) is 27.8 Å². The highest BCUT2D eigenvalue weighted by Gasteiger charge is 2.16. The third kappa shape index (κ3) is 4.15. The summed E-state index contributed by atoms with van der Waals surface area (Å²) in [6.07, 6.45) is 3.68. The Hall–Kier alpha value is -3.84. The second-order valence-corrected chi connectivity index (χ2v) is 8.27. The fourth-order valence-electron chi connectivity index (χ4n) is 3.47. The first kappa shape index (κ1) is 20.1. The number of anilines is 1. The number of nitrogens with one attached hydrogen (secondary N) is 1. The average Bonchev–Trinajstić information content (AvgIpc) is 3.51. The summed E-state index contributed by atoms with van der Waals surface area (Å²) in [6.45, 7) is 2.07. The standard InChI is InChI=1S/C25H20FN5S/c1-17(18-6-3-2-4-7-18)28-25-27-14-13-23(30-25)31-16-21(22-8-5-15-32-22)29-24(31)19-9-11-20(26)12-10-19/h2-17H,1H3,(H,27,28,30)/t17-/m0/s1. The van der Waals surface area contributed by atoms with E-state index < -0.39 is 0 Å². The van der Waals surface area contributed by atoms with Crippen molar-refractivity contribution in [3.05, 3.63) is 102 Å². The van der Waals surface area contributed by atoms with Gasteiger partial charge in [-0.3, -0.25) is 4.57 Å². The van der Waals surface area contributed by atoms with Gasteiger partial charge in [0.05, 0.1) is 16.6 Å². The first-order valence-corrected chi connectivity index (χ1v) is 11.1. The van der Waals surface area contributed by atoms with Gasteiger partial charge in [0.2, 0.25) is 5.95 Å². The summed E-state index contributed by atoms with van der Waals surface area (Å²) < 4.78 is 15.4. The van der Waals surface area contributed by atoms with Crippen molar-refractivity contribution < 1.29 is 4.39 Å². The van der Waals surface area contributed by atoms with Gasteiger partial charge in [-0.25, -0.2) is 14.4 Å². The molecule has 1 N–H and O–H groups in total. The molecule has 5 aromatic rings. The van der Waals surface area contributed by atoms with E-state index in [1.807, 2.05) is 52.5 Å². The Morgan fingerprint density at radius 2 is 1.75 bits per heavy atom. The molecular formula is C25H20FN5S. The summed E-state index contributed by atoms with van der Waals surface area (Å²) in [5.74, 6) is 1.61. The number of halogens is 1. The maximum Gasteiger partial charge on any atom is 0.225 e. The van der Waals surface area contributed by atoms with Gasteiger partial charge in [0.25, 0.3) is 0 Å². The molecule has 0 aliphatic carbocycles. The Balaban J connectivity index is 1.54. The Bertz CT molecular complexity index is 1310. The lowest BCUT2D eigenvalue weighted by atomic mass is 10.1. The van der Waals surface area contributed by atoms with Crippen LogP contribution in [0.2, 0.25) is 0 Å². The largest absolute Gasteiger partial charge is 0.348 e. The highest BCUT2D eigenvalue weighted by atomic mass is 32.1. The zero-order valence-electron chi connectivity index (χ0n) is 17.3. The molecule has 5 rings (SSSR count). The minimum absolute atomic E-state index is 0.0486. The van der Waals surface area contributed by atoms with Crippen molar-refractivity contribution in [2.75, 3.05) is 5.32 Å². The van der Waals surface area contributed by atoms with Crippen LogP contribution in [-0.4, -0.2) is 19.5 Å². The average molecular weight is 442 g/mol. The topological polar surface area (TPSA) is 55.6 Å². The fourth-order valence-corrected chi connectivity index (χ4v) is 4.15. The molecule has 32 heavy (non-hydrogen) atoms. The van der Waals surface area contributed by atoms with Crippen molar-refractivity contribution in [2.45, 2.75) is 13.0 Å². The Morgan fingerprint density at radius 1 is 0.938 bits per heavy atom. The molecule has 7 heteroatoms. The van der Waals surface area contributed by atoms with E-state index >= 15 is 0 Å². The lowest BCUT2D eigenvalue weighted by molar-refractivity contribution is 0.628. The monoisotopic (exact) mass is 441 g/mol. The van der Waals surface area contributed by atoms with Crippen molar-refractivity contribution >= 4 is 17.3 Å². The molecule has 158 valence electrons. The highest BCUT2D eigenvalue weighted by Crippen LogP contribution is 2.30. The first-order valence-electron chi connectivity index (χ1n) is 10.2. The molecule has 0 radical (unpaired) electrons. The quantitative estimate of drug-likeness (QED) is 0.333. The van der Waals surface area contributed by atoms with Gasteiger partial charge < -0.3 is 5.32 Å². The van der Waals surface area contributed by atoms with E-state index in [2.05, 4.69) is 29.4 Å². The molecule has 0 saturated carbocycles. The molecule has 1 atom stereocenters. The number of imidazole rings is 1. The lowest BCUT2D eigenvalue weighted by Gasteiger charge is -2.15. The number of thiophene rings is 1. The van der Waals surface area contributed by atoms with Gasteiger partial charge in [0, 0.05) is 18.0 Å². The maximum atomic E-state index is 13.5. The van der Waals surface area contributed by atoms with E-state index in [0.29, 0.717) is 17.6 Å². The third-order valence-electron chi connectivity index (χ3n) is 5.11. The second-order valence-electron chi connectivity index (χ2n) is 7.32. The van der Waals surface area contributed by atoms with Crippen molar-refractivity contribution in [3.8, 4) is 27.8 Å². The molecule has 3 aromatic heterocycles. The third-order valence-corrected chi connectivity index (χ3v) is 6.01. The molecule has 0 aliphatic heterocycles. The number of hydrogen-bond acceptors (Lipinski definition) is 5. The summed E-state index contributed by atoms with van der Waals surface area (Å²) in [4.78, 5) is 15.0. The van der Waals surface area contributed by atoms with E-state index in [4.69, 9.17) is 9.97 Å². The minimum Gasteiger partial charge on any atom is -0.348 e. The van der Waals surface area contributed by atoms with E-state index in [1.165, 1.54) is 12.1 Å². The summed E-state index contributed by atoms with van der Waals surface area (Å²) in [6, 6.07) is 22.4. The molecule has 0 saturated heterocycles. The van der Waals surface area contributed by atoms with Gasteiger partial charge in [-0.2, -0.15) is 4.98 Å². The normalized spacial score (nSPS) is 11.9. The summed E-state index contributed by atoms with van der Waals surface area (Å²) in [7, 11) is 0. The van der Waals surface area contributed by atoms with Crippen LogP contribution in [-0.2, 0) is 0 Å². The molecule has 0 spiro atoms. The summed E-state index contributed by atoms with van der Waals surface area (Å²) >= 11 is 1.62. The highest BCUT2D eigenvalue weighted by molar-refractivity contribution is 7.13. The fraction of sp³-hybridized carbons (Fsp3) is 0.0800. The Kier molecular flexibility index (Phi) is 5.47. The van der Waals surface area contributed by atoms with Crippen molar-refractivity contribution in [1.29, 1.82) is 0 Å². The number of nitrogens with zero attached hydrogens (tertiary/aromatic N) is 4. The zero-order valence-corrected chi connectivity index (χ0v) is 18.1. The van der Waals surface area contributed by atoms with Gasteiger partial charge in [-0.05, 0) is 54.3 Å².